The fourth-order valence-electron chi connectivity index (χ4n) is 1.38. The standard InChI is InChI=1S/C12H8BrCl2O2PS/c13-9-6-11(15)12(7-10(9)14)17-18(16,19)8-4-2-1-3-5-8/h1-7H,(H,16,19). The molecule has 100 valence electrons. The Labute approximate surface area is 134 Å². The van der Waals surface area contributed by atoms with Crippen LogP contribution in [-0.4, -0.2) is 4.89 Å². The summed E-state index contributed by atoms with van der Waals surface area (Å²) in [6, 6.07) is 12.0. The van der Waals surface area contributed by atoms with E-state index in [0.717, 1.165) is 0 Å². The van der Waals surface area contributed by atoms with Crippen molar-refractivity contribution < 1.29 is 9.42 Å². The van der Waals surface area contributed by atoms with Crippen LogP contribution in [0.2, 0.25) is 10.0 Å². The fraction of sp³-hybridized carbons (Fsp3) is 0. The molecule has 0 fully saturated rings. The first-order valence-electron chi connectivity index (χ1n) is 5.13. The monoisotopic (exact) mass is 396 g/mol. The van der Waals surface area contributed by atoms with Gasteiger partial charge in [0.1, 0.15) is 5.75 Å². The fourth-order valence-corrected chi connectivity index (χ4v) is 3.94. The van der Waals surface area contributed by atoms with Gasteiger partial charge in [0.05, 0.1) is 10.0 Å². The number of hydrogen-bond donors (Lipinski definition) is 1. The van der Waals surface area contributed by atoms with Crippen LogP contribution in [0.4, 0.5) is 0 Å². The maximum absolute atomic E-state index is 10.3. The summed E-state index contributed by atoms with van der Waals surface area (Å²) in [7, 11) is 0. The van der Waals surface area contributed by atoms with Gasteiger partial charge >= 0.3 is 0 Å². The molecule has 0 saturated heterocycles. The Bertz CT molecular complexity index is 652. The van der Waals surface area contributed by atoms with Crippen molar-refractivity contribution in [3.63, 3.8) is 0 Å². The summed E-state index contributed by atoms with van der Waals surface area (Å²) in [5.41, 5.74) is 0. The van der Waals surface area contributed by atoms with Crippen molar-refractivity contribution in [1.82, 2.24) is 0 Å². The number of halogens is 3. The second kappa shape index (κ2) is 6.13. The van der Waals surface area contributed by atoms with Gasteiger partial charge in [0.15, 0.2) is 0 Å². The summed E-state index contributed by atoms with van der Waals surface area (Å²) in [6.07, 6.45) is 0. The molecule has 0 saturated carbocycles. The molecular weight excluding hydrogens is 390 g/mol. The molecular formula is C12H8BrCl2O2PS. The van der Waals surface area contributed by atoms with Crippen molar-refractivity contribution in [3.05, 3.63) is 57.0 Å². The SMILES string of the molecule is OP(=S)(Oc1cc(Cl)c(Br)cc1Cl)c1ccccc1. The third-order valence-electron chi connectivity index (χ3n) is 2.28. The highest BCUT2D eigenvalue weighted by molar-refractivity contribution is 9.10. The van der Waals surface area contributed by atoms with Crippen LogP contribution in [0.15, 0.2) is 46.9 Å². The van der Waals surface area contributed by atoms with Crippen molar-refractivity contribution in [2.24, 2.45) is 0 Å². The van der Waals surface area contributed by atoms with Gasteiger partial charge in [-0.3, -0.25) is 0 Å². The molecule has 0 aliphatic rings. The van der Waals surface area contributed by atoms with Crippen LogP contribution in [0.1, 0.15) is 0 Å². The van der Waals surface area contributed by atoms with E-state index in [1.165, 1.54) is 6.07 Å². The molecule has 2 aromatic rings. The van der Waals surface area contributed by atoms with E-state index in [0.29, 0.717) is 19.8 Å². The average Bonchev–Trinajstić information content (AvgIpc) is 2.37. The molecule has 0 aliphatic heterocycles. The van der Waals surface area contributed by atoms with E-state index in [4.69, 9.17) is 39.5 Å². The van der Waals surface area contributed by atoms with Gasteiger partial charge in [-0.2, -0.15) is 0 Å². The summed E-state index contributed by atoms with van der Waals surface area (Å²) >= 11 is 20.4. The topological polar surface area (TPSA) is 29.5 Å². The van der Waals surface area contributed by atoms with E-state index in [1.54, 1.807) is 30.3 Å². The number of benzene rings is 2. The molecule has 2 nitrogen and oxygen atoms in total. The van der Waals surface area contributed by atoms with Gasteiger partial charge in [-0.05, 0) is 45.9 Å². The average molecular weight is 398 g/mol. The van der Waals surface area contributed by atoms with E-state index < -0.39 is 6.49 Å². The molecule has 2 rings (SSSR count). The number of hydrogen-bond acceptors (Lipinski definition) is 2. The van der Waals surface area contributed by atoms with Gasteiger partial charge in [0.2, 0.25) is 0 Å². The van der Waals surface area contributed by atoms with E-state index in [2.05, 4.69) is 15.9 Å². The first-order valence-corrected chi connectivity index (χ1v) is 9.35. The minimum Gasteiger partial charge on any atom is -0.439 e. The Kier molecular flexibility index (Phi) is 4.93. The van der Waals surface area contributed by atoms with E-state index in [1.807, 2.05) is 6.07 Å². The Balaban J connectivity index is 2.36. The van der Waals surface area contributed by atoms with Crippen molar-refractivity contribution >= 4 is 62.7 Å². The highest BCUT2D eigenvalue weighted by atomic mass is 79.9. The van der Waals surface area contributed by atoms with Crippen LogP contribution >= 0.6 is 45.6 Å². The van der Waals surface area contributed by atoms with Crippen LogP contribution in [0.3, 0.4) is 0 Å². The summed E-state index contributed by atoms with van der Waals surface area (Å²) in [4.78, 5) is 10.3. The summed E-state index contributed by atoms with van der Waals surface area (Å²) in [6.45, 7) is -3.15. The maximum atomic E-state index is 10.3. The molecule has 2 aromatic carbocycles. The van der Waals surface area contributed by atoms with E-state index >= 15 is 0 Å². The normalized spacial score (nSPS) is 13.9. The third-order valence-corrected chi connectivity index (χ3v) is 6.02. The number of rotatable bonds is 3. The smallest absolute Gasteiger partial charge is 0.266 e. The van der Waals surface area contributed by atoms with Gasteiger partial charge in [0.25, 0.3) is 6.49 Å². The predicted octanol–water partition coefficient (Wildman–Crippen LogP) is 4.76. The Morgan fingerprint density at radius 3 is 2.37 bits per heavy atom. The molecule has 1 N–H and O–H groups in total. The quantitative estimate of drug-likeness (QED) is 0.597. The summed E-state index contributed by atoms with van der Waals surface area (Å²) in [5.74, 6) is 0.268. The third kappa shape index (κ3) is 3.72. The van der Waals surface area contributed by atoms with Crippen LogP contribution in [-0.2, 0) is 11.8 Å². The van der Waals surface area contributed by atoms with Crippen LogP contribution in [0.5, 0.6) is 5.75 Å². The zero-order valence-electron chi connectivity index (χ0n) is 9.39. The minimum absolute atomic E-state index is 0.268. The molecule has 1 unspecified atom stereocenters. The van der Waals surface area contributed by atoms with Gasteiger partial charge in [-0.25, -0.2) is 0 Å². The van der Waals surface area contributed by atoms with Crippen LogP contribution < -0.4 is 9.83 Å². The molecule has 0 aliphatic carbocycles. The summed E-state index contributed by atoms with van der Waals surface area (Å²) in [5, 5.41) is 1.32. The lowest BCUT2D eigenvalue weighted by Gasteiger charge is -2.18. The van der Waals surface area contributed by atoms with Crippen molar-refractivity contribution in [3.8, 4) is 5.75 Å². The van der Waals surface area contributed by atoms with Gasteiger partial charge in [-0.1, -0.05) is 41.4 Å². The largest absolute Gasteiger partial charge is 0.439 e. The molecule has 0 bridgehead atoms. The first kappa shape index (κ1) is 15.3. The van der Waals surface area contributed by atoms with Crippen molar-refractivity contribution in [2.75, 3.05) is 0 Å². The Hall–Kier alpha value is -0.0900. The van der Waals surface area contributed by atoms with Crippen LogP contribution in [0.25, 0.3) is 0 Å². The molecule has 7 heteroatoms. The highest BCUT2D eigenvalue weighted by Crippen LogP contribution is 2.46. The molecule has 1 atom stereocenters. The molecule has 19 heavy (non-hydrogen) atoms. The molecule has 0 heterocycles. The molecule has 0 aromatic heterocycles. The zero-order chi connectivity index (χ0) is 14.0. The highest BCUT2D eigenvalue weighted by Gasteiger charge is 2.20. The van der Waals surface area contributed by atoms with Crippen molar-refractivity contribution in [1.29, 1.82) is 0 Å². The molecule has 0 amide bonds. The van der Waals surface area contributed by atoms with Gasteiger partial charge < -0.3 is 9.42 Å². The summed E-state index contributed by atoms with van der Waals surface area (Å²) < 4.78 is 6.15. The lowest BCUT2D eigenvalue weighted by Crippen LogP contribution is -2.08. The maximum Gasteiger partial charge on any atom is 0.266 e. The first-order chi connectivity index (χ1) is 8.90. The van der Waals surface area contributed by atoms with Crippen molar-refractivity contribution in [2.45, 2.75) is 0 Å². The Morgan fingerprint density at radius 1 is 1.11 bits per heavy atom. The molecule has 0 radical (unpaired) electrons. The van der Waals surface area contributed by atoms with E-state index in [9.17, 15) is 4.89 Å². The zero-order valence-corrected chi connectivity index (χ0v) is 14.2. The minimum atomic E-state index is -3.15. The van der Waals surface area contributed by atoms with Gasteiger partial charge in [0, 0.05) is 15.8 Å². The lowest BCUT2D eigenvalue weighted by atomic mass is 10.3. The Morgan fingerprint density at radius 2 is 1.74 bits per heavy atom. The van der Waals surface area contributed by atoms with Gasteiger partial charge in [-0.15, -0.1) is 0 Å². The second-order valence-electron chi connectivity index (χ2n) is 3.64. The lowest BCUT2D eigenvalue weighted by molar-refractivity contribution is 0.496. The second-order valence-corrected chi connectivity index (χ2v) is 8.54. The molecule has 0 spiro atoms. The van der Waals surface area contributed by atoms with Crippen LogP contribution in [0, 0.1) is 0 Å². The van der Waals surface area contributed by atoms with E-state index in [-0.39, 0.29) is 5.75 Å². The predicted molar refractivity (Wildman–Crippen MR) is 87.4 cm³/mol.